The molecule has 5 nitrogen and oxygen atoms in total. The maximum absolute atomic E-state index is 12.5. The molecule has 1 aliphatic heterocycles. The number of rotatable bonds is 3. The summed E-state index contributed by atoms with van der Waals surface area (Å²) in [6.07, 6.45) is 3.38. The molecule has 1 fully saturated rings. The van der Waals surface area contributed by atoms with E-state index in [2.05, 4.69) is 20.2 Å². The van der Waals surface area contributed by atoms with Gasteiger partial charge in [0.2, 0.25) is 11.9 Å². The number of aromatic nitrogens is 2. The van der Waals surface area contributed by atoms with Crippen molar-refractivity contribution in [2.24, 2.45) is 5.92 Å². The van der Waals surface area contributed by atoms with E-state index in [1.165, 1.54) is 0 Å². The third kappa shape index (κ3) is 3.85. The van der Waals surface area contributed by atoms with E-state index in [1.807, 2.05) is 32.0 Å². The Labute approximate surface area is 147 Å². The molecule has 1 N–H and O–H groups in total. The van der Waals surface area contributed by atoms with Crippen LogP contribution < -0.4 is 10.2 Å². The number of hydrogen-bond donors (Lipinski definition) is 1. The number of piperidine rings is 1. The van der Waals surface area contributed by atoms with Crippen LogP contribution in [0.3, 0.4) is 0 Å². The summed E-state index contributed by atoms with van der Waals surface area (Å²) in [5.41, 5.74) is 2.76. The first-order valence-electron chi connectivity index (χ1n) is 8.14. The van der Waals surface area contributed by atoms with Crippen LogP contribution in [0.4, 0.5) is 11.6 Å². The summed E-state index contributed by atoms with van der Waals surface area (Å²) in [4.78, 5) is 23.4. The quantitative estimate of drug-likeness (QED) is 0.924. The van der Waals surface area contributed by atoms with E-state index in [0.717, 1.165) is 48.8 Å². The monoisotopic (exact) mass is 344 g/mol. The predicted molar refractivity (Wildman–Crippen MR) is 96.5 cm³/mol. The Balaban J connectivity index is 1.59. The molecular formula is C18H21ClN4O. The van der Waals surface area contributed by atoms with Crippen molar-refractivity contribution in [2.45, 2.75) is 26.7 Å². The van der Waals surface area contributed by atoms with Crippen molar-refractivity contribution in [3.63, 3.8) is 0 Å². The molecule has 1 amide bonds. The maximum Gasteiger partial charge on any atom is 0.227 e. The van der Waals surface area contributed by atoms with E-state index in [4.69, 9.17) is 11.6 Å². The summed E-state index contributed by atoms with van der Waals surface area (Å²) in [6, 6.07) is 7.39. The fourth-order valence-corrected chi connectivity index (χ4v) is 3.16. The van der Waals surface area contributed by atoms with Crippen molar-refractivity contribution in [3.8, 4) is 0 Å². The van der Waals surface area contributed by atoms with Crippen LogP contribution in [-0.2, 0) is 4.79 Å². The van der Waals surface area contributed by atoms with Gasteiger partial charge in [-0.1, -0.05) is 11.6 Å². The largest absolute Gasteiger partial charge is 0.341 e. The summed E-state index contributed by atoms with van der Waals surface area (Å²) >= 11 is 5.96. The average molecular weight is 345 g/mol. The zero-order valence-corrected chi connectivity index (χ0v) is 14.7. The standard InChI is InChI=1S/C18H21ClN4O/c1-12-11-15(19)3-4-16(12)22-17(24)14-6-9-23(10-7-14)18-20-8-5-13(2)21-18/h3-5,8,11,14H,6-7,9-10H2,1-2H3,(H,22,24). The SMILES string of the molecule is Cc1ccnc(N2CCC(C(=O)Nc3ccc(Cl)cc3C)CC2)n1. The van der Waals surface area contributed by atoms with Gasteiger partial charge >= 0.3 is 0 Å². The van der Waals surface area contributed by atoms with E-state index in [9.17, 15) is 4.79 Å². The van der Waals surface area contributed by atoms with Crippen LogP contribution in [0.2, 0.25) is 5.02 Å². The number of nitrogens with one attached hydrogen (secondary N) is 1. The zero-order valence-electron chi connectivity index (χ0n) is 13.9. The smallest absolute Gasteiger partial charge is 0.227 e. The minimum atomic E-state index is 0.0149. The van der Waals surface area contributed by atoms with Gasteiger partial charge in [-0.15, -0.1) is 0 Å². The fraction of sp³-hybridized carbons (Fsp3) is 0.389. The van der Waals surface area contributed by atoms with Crippen LogP contribution in [0.1, 0.15) is 24.1 Å². The Kier molecular flexibility index (Phi) is 5.00. The summed E-state index contributed by atoms with van der Waals surface area (Å²) in [7, 11) is 0. The highest BCUT2D eigenvalue weighted by Crippen LogP contribution is 2.24. The number of benzene rings is 1. The van der Waals surface area contributed by atoms with Crippen LogP contribution in [0.25, 0.3) is 0 Å². The lowest BCUT2D eigenvalue weighted by atomic mass is 9.96. The number of hydrogen-bond acceptors (Lipinski definition) is 4. The topological polar surface area (TPSA) is 58.1 Å². The Morgan fingerprint density at radius 1 is 1.25 bits per heavy atom. The highest BCUT2D eigenvalue weighted by Gasteiger charge is 2.26. The van der Waals surface area contributed by atoms with Crippen molar-refractivity contribution < 1.29 is 4.79 Å². The van der Waals surface area contributed by atoms with Crippen LogP contribution in [0.15, 0.2) is 30.5 Å². The van der Waals surface area contributed by atoms with E-state index in [-0.39, 0.29) is 11.8 Å². The van der Waals surface area contributed by atoms with Crippen LogP contribution in [0, 0.1) is 19.8 Å². The Bertz CT molecular complexity index is 742. The minimum Gasteiger partial charge on any atom is -0.341 e. The second-order valence-electron chi connectivity index (χ2n) is 6.21. The van der Waals surface area contributed by atoms with Gasteiger partial charge in [-0.3, -0.25) is 4.79 Å². The molecule has 1 aromatic heterocycles. The first-order valence-corrected chi connectivity index (χ1v) is 8.52. The lowest BCUT2D eigenvalue weighted by Gasteiger charge is -2.31. The number of anilines is 2. The number of amides is 1. The van der Waals surface area contributed by atoms with Gasteiger partial charge in [0.05, 0.1) is 0 Å². The lowest BCUT2D eigenvalue weighted by Crippen LogP contribution is -2.39. The van der Waals surface area contributed by atoms with Crippen molar-refractivity contribution >= 4 is 29.1 Å². The molecule has 1 aromatic carbocycles. The minimum absolute atomic E-state index is 0.0149. The first kappa shape index (κ1) is 16.7. The van der Waals surface area contributed by atoms with Crippen molar-refractivity contribution in [1.82, 2.24) is 9.97 Å². The van der Waals surface area contributed by atoms with Gasteiger partial charge in [0.1, 0.15) is 0 Å². The van der Waals surface area contributed by atoms with E-state index >= 15 is 0 Å². The molecule has 0 unspecified atom stereocenters. The van der Waals surface area contributed by atoms with Gasteiger partial charge in [-0.2, -0.15) is 0 Å². The molecule has 1 aliphatic rings. The number of halogens is 1. The first-order chi connectivity index (χ1) is 11.5. The van der Waals surface area contributed by atoms with Crippen molar-refractivity contribution in [1.29, 1.82) is 0 Å². The third-order valence-corrected chi connectivity index (χ3v) is 4.61. The second kappa shape index (κ2) is 7.18. The lowest BCUT2D eigenvalue weighted by molar-refractivity contribution is -0.120. The molecule has 24 heavy (non-hydrogen) atoms. The Morgan fingerprint density at radius 3 is 2.67 bits per heavy atom. The molecule has 126 valence electrons. The molecule has 0 saturated carbocycles. The second-order valence-corrected chi connectivity index (χ2v) is 6.64. The predicted octanol–water partition coefficient (Wildman–Crippen LogP) is 3.60. The van der Waals surface area contributed by atoms with Gasteiger partial charge in [0.15, 0.2) is 0 Å². The highest BCUT2D eigenvalue weighted by molar-refractivity contribution is 6.30. The van der Waals surface area contributed by atoms with Crippen LogP contribution in [-0.4, -0.2) is 29.0 Å². The number of carbonyl (C=O) groups excluding carboxylic acids is 1. The number of aryl methyl sites for hydroxylation is 2. The number of carbonyl (C=O) groups is 1. The fourth-order valence-electron chi connectivity index (χ4n) is 2.93. The highest BCUT2D eigenvalue weighted by atomic mass is 35.5. The zero-order chi connectivity index (χ0) is 17.1. The molecule has 0 aliphatic carbocycles. The molecule has 0 spiro atoms. The van der Waals surface area contributed by atoms with E-state index < -0.39 is 0 Å². The Morgan fingerprint density at radius 2 is 2.00 bits per heavy atom. The van der Waals surface area contributed by atoms with Gasteiger partial charge in [-0.25, -0.2) is 9.97 Å². The van der Waals surface area contributed by atoms with Crippen LogP contribution >= 0.6 is 11.6 Å². The normalized spacial score (nSPS) is 15.4. The summed E-state index contributed by atoms with van der Waals surface area (Å²) < 4.78 is 0. The molecule has 1 saturated heterocycles. The van der Waals surface area contributed by atoms with Gasteiger partial charge in [0.25, 0.3) is 0 Å². The molecular weight excluding hydrogens is 324 g/mol. The molecule has 6 heteroatoms. The molecule has 3 rings (SSSR count). The molecule has 2 aromatic rings. The summed E-state index contributed by atoms with van der Waals surface area (Å²) in [5, 5.41) is 3.70. The summed E-state index contributed by atoms with van der Waals surface area (Å²) in [6.45, 7) is 5.49. The summed E-state index contributed by atoms with van der Waals surface area (Å²) in [5.74, 6) is 0.841. The maximum atomic E-state index is 12.5. The number of nitrogens with zero attached hydrogens (tertiary/aromatic N) is 3. The molecule has 0 atom stereocenters. The van der Waals surface area contributed by atoms with Gasteiger partial charge in [0, 0.05) is 41.6 Å². The van der Waals surface area contributed by atoms with Crippen molar-refractivity contribution in [3.05, 3.63) is 46.7 Å². The van der Waals surface area contributed by atoms with Crippen LogP contribution in [0.5, 0.6) is 0 Å². The molecule has 0 bridgehead atoms. The third-order valence-electron chi connectivity index (χ3n) is 4.38. The van der Waals surface area contributed by atoms with E-state index in [1.54, 1.807) is 12.3 Å². The van der Waals surface area contributed by atoms with E-state index in [0.29, 0.717) is 5.02 Å². The van der Waals surface area contributed by atoms with Gasteiger partial charge in [-0.05, 0) is 56.5 Å². The van der Waals surface area contributed by atoms with Gasteiger partial charge < -0.3 is 10.2 Å². The van der Waals surface area contributed by atoms with Crippen molar-refractivity contribution in [2.75, 3.05) is 23.3 Å². The molecule has 0 radical (unpaired) electrons. The average Bonchev–Trinajstić information content (AvgIpc) is 2.57. The molecule has 2 heterocycles. The Hall–Kier alpha value is -2.14.